The molecule has 0 saturated heterocycles. The Bertz CT molecular complexity index is 144. The Morgan fingerprint density at radius 3 is 2.18 bits per heavy atom. The molecule has 0 rings (SSSR count). The van der Waals surface area contributed by atoms with Crippen LogP contribution >= 0.6 is 29.3 Å². The molecular formula is C7H17INOS+. The first-order valence-corrected chi connectivity index (χ1v) is 7.88. The zero-order chi connectivity index (χ0) is 9.07. The summed E-state index contributed by atoms with van der Waals surface area (Å²) in [4.78, 5) is 10.9. The third-order valence-corrected chi connectivity index (χ3v) is 6.07. The lowest BCUT2D eigenvalue weighted by Crippen LogP contribution is -2.36. The van der Waals surface area contributed by atoms with E-state index in [1.165, 1.54) is 0 Å². The Balaban J connectivity index is 3.63. The summed E-state index contributed by atoms with van der Waals surface area (Å²) in [6, 6.07) is 0. The summed E-state index contributed by atoms with van der Waals surface area (Å²) in [5.74, 6) is 1.05. The van der Waals surface area contributed by atoms with Gasteiger partial charge >= 0.3 is 0 Å². The van der Waals surface area contributed by atoms with Crippen molar-refractivity contribution in [3.63, 3.8) is 0 Å². The monoisotopic (exact) mass is 290 g/mol. The zero-order valence-corrected chi connectivity index (χ0v) is 10.6. The SMILES string of the molecule is CC(=O)[SH](I)CC[N+](C)(C)C. The van der Waals surface area contributed by atoms with Crippen molar-refractivity contribution in [3.05, 3.63) is 0 Å². The minimum atomic E-state index is -0.388. The second-order valence-electron chi connectivity index (χ2n) is 3.62. The summed E-state index contributed by atoms with van der Waals surface area (Å²) in [5.41, 5.74) is 0. The van der Waals surface area contributed by atoms with Crippen LogP contribution in [-0.4, -0.2) is 43.0 Å². The third-order valence-electron chi connectivity index (χ3n) is 1.31. The van der Waals surface area contributed by atoms with Crippen molar-refractivity contribution in [1.82, 2.24) is 0 Å². The Kier molecular flexibility index (Phi) is 4.97. The van der Waals surface area contributed by atoms with E-state index in [-0.39, 0.29) is 8.07 Å². The lowest BCUT2D eigenvalue weighted by atomic mass is 10.6. The first-order valence-electron chi connectivity index (χ1n) is 3.57. The fourth-order valence-corrected chi connectivity index (χ4v) is 2.28. The van der Waals surface area contributed by atoms with E-state index in [1.807, 2.05) is 0 Å². The molecule has 0 radical (unpaired) electrons. The first kappa shape index (κ1) is 11.7. The lowest BCUT2D eigenvalue weighted by Gasteiger charge is -2.25. The van der Waals surface area contributed by atoms with Gasteiger partial charge in [-0.25, -0.2) is 0 Å². The number of hydrogen-bond acceptors (Lipinski definition) is 1. The summed E-state index contributed by atoms with van der Waals surface area (Å²) in [5, 5.41) is 0.356. The number of hydrogen-bond donors (Lipinski definition) is 1. The highest BCUT2D eigenvalue weighted by molar-refractivity contribution is 14.2. The molecule has 11 heavy (non-hydrogen) atoms. The predicted octanol–water partition coefficient (Wildman–Crippen LogP) is 1.59. The van der Waals surface area contributed by atoms with E-state index in [0.717, 1.165) is 16.8 Å². The topological polar surface area (TPSA) is 17.1 Å². The highest BCUT2D eigenvalue weighted by Crippen LogP contribution is 2.34. The van der Waals surface area contributed by atoms with Crippen LogP contribution in [0.1, 0.15) is 6.92 Å². The van der Waals surface area contributed by atoms with Crippen LogP contribution in [0.5, 0.6) is 0 Å². The van der Waals surface area contributed by atoms with Crippen molar-refractivity contribution in [2.75, 3.05) is 33.4 Å². The van der Waals surface area contributed by atoms with Gasteiger partial charge in [0.1, 0.15) is 0 Å². The molecular weight excluding hydrogens is 273 g/mol. The summed E-state index contributed by atoms with van der Waals surface area (Å²) < 4.78 is 0.953. The smallest absolute Gasteiger partial charge is 0.174 e. The fraction of sp³-hybridized carbons (Fsp3) is 0.857. The quantitative estimate of drug-likeness (QED) is 0.474. The lowest BCUT2D eigenvalue weighted by molar-refractivity contribution is -0.867. The highest BCUT2D eigenvalue weighted by Gasteiger charge is 2.11. The molecule has 0 aromatic carbocycles. The molecule has 1 unspecified atom stereocenters. The van der Waals surface area contributed by atoms with E-state index < -0.39 is 0 Å². The molecule has 0 aliphatic rings. The van der Waals surface area contributed by atoms with Crippen LogP contribution in [0, 0.1) is 0 Å². The average Bonchev–Trinajstić information content (AvgIpc) is 1.80. The van der Waals surface area contributed by atoms with Gasteiger partial charge in [-0.1, -0.05) is 0 Å². The van der Waals surface area contributed by atoms with Crippen LogP contribution in [0.4, 0.5) is 0 Å². The summed E-state index contributed by atoms with van der Waals surface area (Å²) in [7, 11) is 6.07. The summed E-state index contributed by atoms with van der Waals surface area (Å²) in [6.07, 6.45) is 0. The van der Waals surface area contributed by atoms with Crippen LogP contribution in [-0.2, 0) is 4.79 Å². The van der Waals surface area contributed by atoms with Crippen molar-refractivity contribution in [1.29, 1.82) is 0 Å². The van der Waals surface area contributed by atoms with E-state index in [9.17, 15) is 4.79 Å². The molecule has 0 bridgehead atoms. The minimum absolute atomic E-state index is 0.356. The Hall–Kier alpha value is 0.710. The third kappa shape index (κ3) is 7.08. The van der Waals surface area contributed by atoms with Crippen molar-refractivity contribution in [3.8, 4) is 0 Å². The number of nitrogens with zero attached hydrogens (tertiary/aromatic N) is 1. The maximum atomic E-state index is 10.9. The minimum Gasteiger partial charge on any atom is -0.330 e. The Labute approximate surface area is 83.9 Å². The molecule has 0 aromatic heterocycles. The molecule has 0 heterocycles. The maximum absolute atomic E-state index is 10.9. The summed E-state index contributed by atoms with van der Waals surface area (Å²) >= 11 is 2.28. The predicted molar refractivity (Wildman–Crippen MR) is 61.5 cm³/mol. The van der Waals surface area contributed by atoms with Crippen molar-refractivity contribution in [2.24, 2.45) is 0 Å². The average molecular weight is 290 g/mol. The fourth-order valence-electron chi connectivity index (χ4n) is 0.545. The number of thiol groups is 1. The van der Waals surface area contributed by atoms with Crippen LogP contribution in [0.2, 0.25) is 0 Å². The van der Waals surface area contributed by atoms with Gasteiger partial charge in [0, 0.05) is 12.7 Å². The first-order chi connectivity index (χ1) is 4.83. The van der Waals surface area contributed by atoms with Crippen LogP contribution in [0.25, 0.3) is 0 Å². The van der Waals surface area contributed by atoms with Gasteiger partial charge in [-0.15, -0.1) is 8.07 Å². The molecule has 0 spiro atoms. The molecule has 0 fully saturated rings. The van der Waals surface area contributed by atoms with Gasteiger partial charge in [-0.3, -0.25) is 4.79 Å². The number of halogens is 1. The molecule has 0 aliphatic carbocycles. The number of carbonyl (C=O) groups excluding carboxylic acids is 1. The molecule has 4 heteroatoms. The van der Waals surface area contributed by atoms with Gasteiger partial charge in [0.05, 0.1) is 27.7 Å². The zero-order valence-electron chi connectivity index (χ0n) is 7.59. The molecule has 0 saturated carbocycles. The van der Waals surface area contributed by atoms with Gasteiger partial charge in [-0.2, -0.15) is 0 Å². The van der Waals surface area contributed by atoms with Gasteiger partial charge in [-0.05, 0) is 21.2 Å². The van der Waals surface area contributed by atoms with Crippen molar-refractivity contribution >= 4 is 34.4 Å². The van der Waals surface area contributed by atoms with Crippen molar-refractivity contribution in [2.45, 2.75) is 6.92 Å². The standard InChI is InChI=1S/C7H17INOS/c1-7(10)11(8)6-5-9(2,3)4/h11H,5-6H2,1-4H3/q+1. The van der Waals surface area contributed by atoms with E-state index in [2.05, 4.69) is 42.3 Å². The molecule has 0 aliphatic heterocycles. The normalized spacial score (nSPS) is 16.3. The van der Waals surface area contributed by atoms with Crippen LogP contribution in [0.15, 0.2) is 0 Å². The van der Waals surface area contributed by atoms with Gasteiger partial charge in [0.15, 0.2) is 5.12 Å². The number of carbonyl (C=O) groups is 1. The van der Waals surface area contributed by atoms with E-state index >= 15 is 0 Å². The van der Waals surface area contributed by atoms with E-state index in [4.69, 9.17) is 0 Å². The second-order valence-corrected chi connectivity index (χ2v) is 8.91. The van der Waals surface area contributed by atoms with E-state index in [0.29, 0.717) is 5.12 Å². The largest absolute Gasteiger partial charge is 0.330 e. The Morgan fingerprint density at radius 2 is 1.91 bits per heavy atom. The molecule has 0 aromatic rings. The molecule has 1 atom stereocenters. The maximum Gasteiger partial charge on any atom is 0.174 e. The molecule has 0 N–H and O–H groups in total. The molecule has 68 valence electrons. The van der Waals surface area contributed by atoms with Gasteiger partial charge in [0.25, 0.3) is 0 Å². The van der Waals surface area contributed by atoms with Gasteiger partial charge in [0.2, 0.25) is 0 Å². The van der Waals surface area contributed by atoms with Gasteiger partial charge < -0.3 is 4.48 Å². The second kappa shape index (κ2) is 4.67. The molecule has 0 amide bonds. The van der Waals surface area contributed by atoms with Crippen molar-refractivity contribution < 1.29 is 9.28 Å². The highest BCUT2D eigenvalue weighted by atomic mass is 127. The summed E-state index contributed by atoms with van der Waals surface area (Å²) in [6.45, 7) is 2.78. The van der Waals surface area contributed by atoms with Crippen LogP contribution < -0.4 is 0 Å². The van der Waals surface area contributed by atoms with E-state index in [1.54, 1.807) is 6.92 Å². The Morgan fingerprint density at radius 1 is 1.45 bits per heavy atom. The molecule has 2 nitrogen and oxygen atoms in total. The number of rotatable bonds is 3. The number of quaternary nitrogens is 1. The van der Waals surface area contributed by atoms with Crippen LogP contribution in [0.3, 0.4) is 0 Å².